The molecule has 0 aliphatic rings. The summed E-state index contributed by atoms with van der Waals surface area (Å²) in [4.78, 5) is 22.2. The van der Waals surface area contributed by atoms with E-state index in [0.29, 0.717) is 11.5 Å². The fraction of sp³-hybridized carbons (Fsp3) is 0.800. The molecule has 2 unspecified atom stereocenters. The second kappa shape index (κ2) is 9.84. The third-order valence-corrected chi connectivity index (χ3v) is 3.45. The van der Waals surface area contributed by atoms with Crippen LogP contribution in [0.1, 0.15) is 13.3 Å². The Morgan fingerprint density at radius 3 is 2.61 bits per heavy atom. The van der Waals surface area contributed by atoms with Gasteiger partial charge in [0, 0.05) is 49.0 Å². The Hall–Kier alpha value is -1.15. The number of carboxylic acids is 1. The summed E-state index contributed by atoms with van der Waals surface area (Å²) in [6, 6.07) is -1.56. The quantitative estimate of drug-likeness (QED) is 0.530. The average molecular weight is 280 g/mol. The van der Waals surface area contributed by atoms with Gasteiger partial charge in [0.1, 0.15) is 6.04 Å². The summed E-state index contributed by atoms with van der Waals surface area (Å²) in [5.74, 6) is -0.214. The van der Waals surface area contributed by atoms with Crippen molar-refractivity contribution >= 4 is 22.8 Å². The molecule has 3 N–H and O–H groups in total. The zero-order valence-corrected chi connectivity index (χ0v) is 11.4. The van der Waals surface area contributed by atoms with Gasteiger partial charge in [-0.05, 0) is 0 Å². The molecule has 0 fully saturated rings. The normalized spacial score (nSPS) is 13.7. The molecule has 0 heterocycles. The lowest BCUT2D eigenvalue weighted by Gasteiger charge is -2.14. The van der Waals surface area contributed by atoms with E-state index in [2.05, 4.69) is 10.6 Å². The fourth-order valence-electron chi connectivity index (χ4n) is 1.13. The maximum absolute atomic E-state index is 11.4. The molecule has 0 aliphatic heterocycles. The van der Waals surface area contributed by atoms with Crippen LogP contribution in [0.25, 0.3) is 0 Å². The molecule has 0 rings (SSSR count). The van der Waals surface area contributed by atoms with Gasteiger partial charge in [-0.3, -0.25) is 4.21 Å². The van der Waals surface area contributed by atoms with Gasteiger partial charge < -0.3 is 20.5 Å². The van der Waals surface area contributed by atoms with Crippen LogP contribution in [0.15, 0.2) is 0 Å². The first-order valence-electron chi connectivity index (χ1n) is 5.62. The molecule has 0 spiro atoms. The van der Waals surface area contributed by atoms with E-state index in [4.69, 9.17) is 9.84 Å². The van der Waals surface area contributed by atoms with Gasteiger partial charge in [0.05, 0.1) is 0 Å². The first kappa shape index (κ1) is 16.9. The van der Waals surface area contributed by atoms with Crippen LogP contribution in [0.3, 0.4) is 0 Å². The number of nitrogens with one attached hydrogen (secondary N) is 2. The molecular formula is C10H20N2O5S. The summed E-state index contributed by atoms with van der Waals surface area (Å²) in [7, 11) is 0.509. The average Bonchev–Trinajstić information content (AvgIpc) is 2.33. The van der Waals surface area contributed by atoms with E-state index in [9.17, 15) is 13.8 Å². The smallest absolute Gasteiger partial charge is 0.326 e. The highest BCUT2D eigenvalue weighted by molar-refractivity contribution is 7.84. The molecule has 0 aromatic heterocycles. The number of rotatable bonds is 9. The van der Waals surface area contributed by atoms with Crippen LogP contribution < -0.4 is 10.6 Å². The van der Waals surface area contributed by atoms with Crippen molar-refractivity contribution in [2.45, 2.75) is 19.4 Å². The first-order valence-corrected chi connectivity index (χ1v) is 7.11. The minimum Gasteiger partial charge on any atom is -0.480 e. The molecule has 8 heteroatoms. The van der Waals surface area contributed by atoms with Crippen molar-refractivity contribution in [3.8, 4) is 0 Å². The zero-order valence-electron chi connectivity index (χ0n) is 10.6. The lowest BCUT2D eigenvalue weighted by atomic mass is 10.2. The van der Waals surface area contributed by atoms with Crippen molar-refractivity contribution < 1.29 is 23.6 Å². The lowest BCUT2D eigenvalue weighted by molar-refractivity contribution is -0.139. The SMILES string of the molecule is CCS(=O)CCNC(=O)NC(CCOC)C(=O)O. The van der Waals surface area contributed by atoms with Gasteiger partial charge in [-0.1, -0.05) is 6.92 Å². The Morgan fingerprint density at radius 2 is 2.11 bits per heavy atom. The number of hydrogen-bond acceptors (Lipinski definition) is 4. The lowest BCUT2D eigenvalue weighted by Crippen LogP contribution is -2.47. The van der Waals surface area contributed by atoms with E-state index in [1.54, 1.807) is 6.92 Å². The van der Waals surface area contributed by atoms with E-state index < -0.39 is 28.8 Å². The largest absolute Gasteiger partial charge is 0.480 e. The maximum Gasteiger partial charge on any atom is 0.326 e. The van der Waals surface area contributed by atoms with Crippen LogP contribution in [0, 0.1) is 0 Å². The summed E-state index contributed by atoms with van der Waals surface area (Å²) in [6.07, 6.45) is 0.195. The summed E-state index contributed by atoms with van der Waals surface area (Å²) in [5.41, 5.74) is 0. The van der Waals surface area contributed by atoms with Gasteiger partial charge in [-0.15, -0.1) is 0 Å². The van der Waals surface area contributed by atoms with Crippen molar-refractivity contribution in [1.82, 2.24) is 10.6 Å². The highest BCUT2D eigenvalue weighted by atomic mass is 32.2. The first-order chi connectivity index (χ1) is 8.51. The summed E-state index contributed by atoms with van der Waals surface area (Å²) < 4.78 is 15.8. The van der Waals surface area contributed by atoms with E-state index in [0.717, 1.165) is 0 Å². The minimum atomic E-state index is -1.11. The summed E-state index contributed by atoms with van der Waals surface area (Å²) in [6.45, 7) is 2.29. The van der Waals surface area contributed by atoms with Gasteiger partial charge in [0.25, 0.3) is 0 Å². The molecule has 0 bridgehead atoms. The van der Waals surface area contributed by atoms with Gasteiger partial charge in [0.15, 0.2) is 0 Å². The van der Waals surface area contributed by atoms with Crippen LogP contribution in [-0.2, 0) is 20.3 Å². The van der Waals surface area contributed by atoms with Gasteiger partial charge in [-0.25, -0.2) is 9.59 Å². The Kier molecular flexibility index (Phi) is 9.21. The van der Waals surface area contributed by atoms with Crippen molar-refractivity contribution in [1.29, 1.82) is 0 Å². The molecule has 0 radical (unpaired) electrons. The molecule has 0 aromatic carbocycles. The number of carbonyl (C=O) groups excluding carboxylic acids is 1. The summed E-state index contributed by atoms with van der Waals surface area (Å²) in [5, 5.41) is 13.6. The van der Waals surface area contributed by atoms with Crippen LogP contribution in [0.4, 0.5) is 4.79 Å². The van der Waals surface area contributed by atoms with Crippen molar-refractivity contribution in [2.24, 2.45) is 0 Å². The Morgan fingerprint density at radius 1 is 1.44 bits per heavy atom. The van der Waals surface area contributed by atoms with Crippen molar-refractivity contribution in [3.63, 3.8) is 0 Å². The molecule has 0 saturated carbocycles. The second-order valence-electron chi connectivity index (χ2n) is 3.51. The monoisotopic (exact) mass is 280 g/mol. The van der Waals surface area contributed by atoms with Gasteiger partial charge >= 0.3 is 12.0 Å². The zero-order chi connectivity index (χ0) is 14.0. The number of ether oxygens (including phenoxy) is 1. The number of carbonyl (C=O) groups is 2. The van der Waals surface area contributed by atoms with Crippen molar-refractivity contribution in [2.75, 3.05) is 31.8 Å². The molecular weight excluding hydrogens is 260 g/mol. The molecule has 7 nitrogen and oxygen atoms in total. The third-order valence-electron chi connectivity index (χ3n) is 2.15. The third kappa shape index (κ3) is 8.02. The number of aliphatic carboxylic acids is 1. The van der Waals surface area contributed by atoms with Crippen LogP contribution in [0.5, 0.6) is 0 Å². The molecule has 0 saturated heterocycles. The number of methoxy groups -OCH3 is 1. The molecule has 2 atom stereocenters. The second-order valence-corrected chi connectivity index (χ2v) is 5.37. The number of urea groups is 1. The van der Waals surface area contributed by atoms with E-state index >= 15 is 0 Å². The van der Waals surface area contributed by atoms with Gasteiger partial charge in [0.2, 0.25) is 0 Å². The molecule has 2 amide bonds. The van der Waals surface area contributed by atoms with E-state index in [1.807, 2.05) is 0 Å². The number of hydrogen-bond donors (Lipinski definition) is 3. The van der Waals surface area contributed by atoms with Gasteiger partial charge in [-0.2, -0.15) is 0 Å². The van der Waals surface area contributed by atoms with Crippen LogP contribution in [0.2, 0.25) is 0 Å². The van der Waals surface area contributed by atoms with E-state index in [-0.39, 0.29) is 19.6 Å². The highest BCUT2D eigenvalue weighted by Crippen LogP contribution is 1.93. The van der Waals surface area contributed by atoms with Crippen molar-refractivity contribution in [3.05, 3.63) is 0 Å². The number of amides is 2. The fourth-order valence-corrected chi connectivity index (χ4v) is 1.74. The molecule has 106 valence electrons. The number of carboxylic acid groups (broad SMARTS) is 1. The molecule has 0 aliphatic carbocycles. The topological polar surface area (TPSA) is 105 Å². The standard InChI is InChI=1S/C10H20N2O5S/c1-3-18(16)7-5-11-10(15)12-8(9(13)14)4-6-17-2/h8H,3-7H2,1-2H3,(H,13,14)(H2,11,12,15). The molecule has 0 aromatic rings. The maximum atomic E-state index is 11.4. The predicted octanol–water partition coefficient (Wildman–Crippen LogP) is -0.456. The Balaban J connectivity index is 3.94. The Bertz CT molecular complexity index is 298. The minimum absolute atomic E-state index is 0.195. The Labute approximate surface area is 109 Å². The summed E-state index contributed by atoms with van der Waals surface area (Å²) >= 11 is 0. The van der Waals surface area contributed by atoms with Crippen LogP contribution in [-0.4, -0.2) is 59.1 Å². The van der Waals surface area contributed by atoms with E-state index in [1.165, 1.54) is 7.11 Å². The highest BCUT2D eigenvalue weighted by Gasteiger charge is 2.19. The molecule has 18 heavy (non-hydrogen) atoms. The predicted molar refractivity (Wildman–Crippen MR) is 68.0 cm³/mol. The van der Waals surface area contributed by atoms with Crippen LogP contribution >= 0.6 is 0 Å².